The molecule has 1 fully saturated rings. The van der Waals surface area contributed by atoms with Gasteiger partial charge in [0.1, 0.15) is 11.4 Å². The second-order valence-electron chi connectivity index (χ2n) is 7.56. The lowest BCUT2D eigenvalue weighted by atomic mass is 9.98. The number of carbonyl (C=O) groups is 2. The maximum atomic E-state index is 13.4. The summed E-state index contributed by atoms with van der Waals surface area (Å²) in [4.78, 5) is 42.7. The van der Waals surface area contributed by atoms with Crippen molar-refractivity contribution in [2.24, 2.45) is 0 Å². The molecule has 1 unspecified atom stereocenters. The minimum Gasteiger partial charge on any atom is -0.328 e. The van der Waals surface area contributed by atoms with Crippen LogP contribution in [0.2, 0.25) is 0 Å². The van der Waals surface area contributed by atoms with E-state index >= 15 is 0 Å². The summed E-state index contributed by atoms with van der Waals surface area (Å²) in [5.41, 5.74) is 2.39. The molecule has 2 heterocycles. The zero-order chi connectivity index (χ0) is 20.7. The molecule has 1 aliphatic heterocycles. The number of aromatic nitrogens is 1. The van der Waals surface area contributed by atoms with Crippen molar-refractivity contribution in [3.63, 3.8) is 0 Å². The van der Waals surface area contributed by atoms with Crippen LogP contribution in [0.25, 0.3) is 10.9 Å². The number of benzene rings is 2. The molecule has 3 aromatic rings. The molecule has 0 radical (unpaired) electrons. The molecule has 1 aliphatic rings. The van der Waals surface area contributed by atoms with Gasteiger partial charge in [0.15, 0.2) is 5.78 Å². The van der Waals surface area contributed by atoms with Gasteiger partial charge in [0.05, 0.1) is 11.6 Å². The molecule has 0 aliphatic carbocycles. The summed E-state index contributed by atoms with van der Waals surface area (Å²) < 4.78 is 13.4. The molecule has 148 valence electrons. The van der Waals surface area contributed by atoms with Gasteiger partial charge in [-0.15, -0.1) is 0 Å². The number of pyridine rings is 1. The normalized spacial score (nSPS) is 16.4. The summed E-state index contributed by atoms with van der Waals surface area (Å²) in [5, 5.41) is 0.561. The molecule has 1 N–H and O–H groups in total. The lowest BCUT2D eigenvalue weighted by Gasteiger charge is -2.24. The van der Waals surface area contributed by atoms with E-state index in [0.717, 1.165) is 11.1 Å². The topological polar surface area (TPSA) is 70.2 Å². The van der Waals surface area contributed by atoms with Crippen molar-refractivity contribution in [2.45, 2.75) is 32.7 Å². The number of H-pyrrole nitrogens is 1. The maximum absolute atomic E-state index is 13.4. The highest BCUT2D eigenvalue weighted by Crippen LogP contribution is 2.24. The van der Waals surface area contributed by atoms with Gasteiger partial charge >= 0.3 is 0 Å². The monoisotopic (exact) mass is 392 g/mol. The number of aryl methyl sites for hydroxylation is 2. The zero-order valence-electron chi connectivity index (χ0n) is 16.3. The molecule has 29 heavy (non-hydrogen) atoms. The van der Waals surface area contributed by atoms with Crippen LogP contribution in [0, 0.1) is 19.7 Å². The first-order chi connectivity index (χ1) is 13.8. The van der Waals surface area contributed by atoms with Crippen LogP contribution in [-0.4, -0.2) is 34.2 Å². The van der Waals surface area contributed by atoms with Gasteiger partial charge < -0.3 is 9.88 Å². The van der Waals surface area contributed by atoms with E-state index in [1.165, 1.54) is 29.2 Å². The van der Waals surface area contributed by atoms with Crippen molar-refractivity contribution < 1.29 is 14.0 Å². The SMILES string of the molecule is Cc1ccc(C(=O)C2CCCN2C(=O)c2cc3ccc(F)cc3[nH]c2=O)cc1C. The average Bonchev–Trinajstić information content (AvgIpc) is 3.18. The van der Waals surface area contributed by atoms with Gasteiger partial charge in [-0.25, -0.2) is 4.39 Å². The third kappa shape index (κ3) is 3.46. The van der Waals surface area contributed by atoms with Gasteiger partial charge in [-0.2, -0.15) is 0 Å². The van der Waals surface area contributed by atoms with Crippen LogP contribution in [-0.2, 0) is 0 Å². The number of nitrogens with one attached hydrogen (secondary N) is 1. The number of halogens is 1. The van der Waals surface area contributed by atoms with Gasteiger partial charge in [-0.3, -0.25) is 14.4 Å². The number of carbonyl (C=O) groups excluding carboxylic acids is 2. The summed E-state index contributed by atoms with van der Waals surface area (Å²) in [6.45, 7) is 4.34. The predicted octanol–water partition coefficient (Wildman–Crippen LogP) is 3.77. The summed E-state index contributed by atoms with van der Waals surface area (Å²) >= 11 is 0. The first-order valence-corrected chi connectivity index (χ1v) is 9.60. The minimum absolute atomic E-state index is 0.0381. The van der Waals surface area contributed by atoms with Gasteiger partial charge in [0.2, 0.25) is 0 Å². The molecule has 1 saturated heterocycles. The standard InChI is InChI=1S/C23H21FN2O3/c1-13-5-6-16(10-14(13)2)21(27)20-4-3-9-26(20)23(29)18-11-15-7-8-17(24)12-19(15)25-22(18)28/h5-8,10-12,20H,3-4,9H2,1-2H3,(H,25,28). The Morgan fingerprint density at radius 2 is 1.86 bits per heavy atom. The maximum Gasteiger partial charge on any atom is 0.261 e. The highest BCUT2D eigenvalue weighted by Gasteiger charge is 2.36. The third-order valence-corrected chi connectivity index (χ3v) is 5.65. The fraction of sp³-hybridized carbons (Fsp3) is 0.261. The average molecular weight is 392 g/mol. The third-order valence-electron chi connectivity index (χ3n) is 5.65. The van der Waals surface area contributed by atoms with E-state index < -0.39 is 23.3 Å². The predicted molar refractivity (Wildman–Crippen MR) is 109 cm³/mol. The molecule has 5 nitrogen and oxygen atoms in total. The summed E-state index contributed by atoms with van der Waals surface area (Å²) in [7, 11) is 0. The highest BCUT2D eigenvalue weighted by atomic mass is 19.1. The van der Waals surface area contributed by atoms with E-state index in [1.54, 1.807) is 6.07 Å². The van der Waals surface area contributed by atoms with E-state index in [2.05, 4.69) is 4.98 Å². The molecule has 0 spiro atoms. The second kappa shape index (κ2) is 7.28. The molecule has 1 aromatic heterocycles. The van der Waals surface area contributed by atoms with Gasteiger partial charge in [0, 0.05) is 12.1 Å². The smallest absolute Gasteiger partial charge is 0.261 e. The highest BCUT2D eigenvalue weighted by molar-refractivity contribution is 6.05. The molecule has 6 heteroatoms. The lowest BCUT2D eigenvalue weighted by molar-refractivity contribution is 0.0670. The molecule has 0 saturated carbocycles. The second-order valence-corrected chi connectivity index (χ2v) is 7.56. The number of likely N-dealkylation sites (tertiary alicyclic amines) is 1. The molecule has 1 amide bonds. The number of fused-ring (bicyclic) bond motifs is 1. The van der Waals surface area contributed by atoms with Crippen LogP contribution >= 0.6 is 0 Å². The Balaban J connectivity index is 1.67. The van der Waals surface area contributed by atoms with Crippen LogP contribution in [0.4, 0.5) is 4.39 Å². The van der Waals surface area contributed by atoms with Gasteiger partial charge in [-0.1, -0.05) is 12.1 Å². The van der Waals surface area contributed by atoms with Crippen molar-refractivity contribution in [3.8, 4) is 0 Å². The first kappa shape index (κ1) is 19.1. The van der Waals surface area contributed by atoms with E-state index in [9.17, 15) is 18.8 Å². The minimum atomic E-state index is -0.590. The number of Topliss-reactive ketones (excluding diaryl/α,β-unsaturated/α-hetero) is 1. The molecule has 2 aromatic carbocycles. The lowest BCUT2D eigenvalue weighted by Crippen LogP contribution is -2.42. The number of hydrogen-bond donors (Lipinski definition) is 1. The van der Waals surface area contributed by atoms with Crippen LogP contribution in [0.5, 0.6) is 0 Å². The van der Waals surface area contributed by atoms with Crippen molar-refractivity contribution in [1.29, 1.82) is 0 Å². The molecular formula is C23H21FN2O3. The Labute approximate surface area is 167 Å². The Morgan fingerprint density at radius 3 is 2.62 bits per heavy atom. The van der Waals surface area contributed by atoms with Crippen molar-refractivity contribution >= 4 is 22.6 Å². The quantitative estimate of drug-likeness (QED) is 0.690. The van der Waals surface area contributed by atoms with E-state index in [4.69, 9.17) is 0 Å². The molecular weight excluding hydrogens is 371 g/mol. The number of ketones is 1. The van der Waals surface area contributed by atoms with Crippen LogP contribution in [0.15, 0.2) is 47.3 Å². The Hall–Kier alpha value is -3.28. The summed E-state index contributed by atoms with van der Waals surface area (Å²) in [6.07, 6.45) is 1.26. The van der Waals surface area contributed by atoms with E-state index in [-0.39, 0.29) is 11.3 Å². The summed E-state index contributed by atoms with van der Waals surface area (Å²) in [6, 6.07) is 10.4. The molecule has 1 atom stereocenters. The van der Waals surface area contributed by atoms with E-state index in [0.29, 0.717) is 35.9 Å². The van der Waals surface area contributed by atoms with Crippen LogP contribution < -0.4 is 5.56 Å². The molecule has 4 rings (SSSR count). The Kier molecular flexibility index (Phi) is 4.78. The summed E-state index contributed by atoms with van der Waals surface area (Å²) in [5.74, 6) is -1.05. The Morgan fingerprint density at radius 1 is 1.07 bits per heavy atom. The number of amides is 1. The van der Waals surface area contributed by atoms with Crippen molar-refractivity contribution in [2.75, 3.05) is 6.54 Å². The zero-order valence-corrected chi connectivity index (χ0v) is 16.3. The van der Waals surface area contributed by atoms with Crippen LogP contribution in [0.1, 0.15) is 44.7 Å². The number of nitrogens with zero attached hydrogens (tertiary/aromatic N) is 1. The fourth-order valence-corrected chi connectivity index (χ4v) is 3.86. The largest absolute Gasteiger partial charge is 0.328 e. The number of hydrogen-bond acceptors (Lipinski definition) is 3. The fourth-order valence-electron chi connectivity index (χ4n) is 3.86. The Bertz CT molecular complexity index is 1200. The van der Waals surface area contributed by atoms with Gasteiger partial charge in [0.25, 0.3) is 11.5 Å². The van der Waals surface area contributed by atoms with Crippen LogP contribution in [0.3, 0.4) is 0 Å². The van der Waals surface area contributed by atoms with Crippen molar-refractivity contribution in [1.82, 2.24) is 9.88 Å². The van der Waals surface area contributed by atoms with Gasteiger partial charge in [-0.05, 0) is 73.5 Å². The number of aromatic amines is 1. The molecule has 0 bridgehead atoms. The van der Waals surface area contributed by atoms with Crippen molar-refractivity contribution in [3.05, 3.63) is 80.9 Å². The number of rotatable bonds is 3. The van der Waals surface area contributed by atoms with E-state index in [1.807, 2.05) is 26.0 Å². The first-order valence-electron chi connectivity index (χ1n) is 9.60.